The second-order valence-corrected chi connectivity index (χ2v) is 4.42. The van der Waals surface area contributed by atoms with Crippen LogP contribution in [0.3, 0.4) is 0 Å². The van der Waals surface area contributed by atoms with Crippen LogP contribution >= 0.6 is 0 Å². The van der Waals surface area contributed by atoms with E-state index >= 15 is 0 Å². The largest absolute Gasteiger partial charge is 0.273 e. The Morgan fingerprint density at radius 3 is 2.44 bits per heavy atom. The van der Waals surface area contributed by atoms with Crippen molar-refractivity contribution in [2.24, 2.45) is 5.92 Å². The molecule has 18 heavy (non-hydrogen) atoms. The first-order chi connectivity index (χ1) is 8.47. The second-order valence-electron chi connectivity index (χ2n) is 4.42. The zero-order valence-corrected chi connectivity index (χ0v) is 11.4. The van der Waals surface area contributed by atoms with Gasteiger partial charge >= 0.3 is 0 Å². The van der Waals surface area contributed by atoms with Crippen LogP contribution in [0.1, 0.15) is 25.0 Å². The van der Waals surface area contributed by atoms with Crippen molar-refractivity contribution < 1.29 is 9.63 Å². The van der Waals surface area contributed by atoms with E-state index in [1.165, 1.54) is 12.0 Å². The van der Waals surface area contributed by atoms with E-state index < -0.39 is 0 Å². The smallest absolute Gasteiger partial charge is 0.247 e. The number of amides is 1. The van der Waals surface area contributed by atoms with E-state index in [-0.39, 0.29) is 11.8 Å². The van der Waals surface area contributed by atoms with E-state index in [4.69, 9.17) is 11.3 Å². The van der Waals surface area contributed by atoms with Crippen molar-refractivity contribution in [3.8, 4) is 12.3 Å². The molecule has 1 atom stereocenters. The standard InChI is InChI=1S/C15H19NO2/c1-6-11(2)10-18-16(14(5)17)15-12(3)8-7-9-13(15)4/h1,7-9,11H,10H2,2-5H3. The highest BCUT2D eigenvalue weighted by molar-refractivity contribution is 5.91. The maximum absolute atomic E-state index is 11.7. The third-order valence-electron chi connectivity index (χ3n) is 2.67. The Hall–Kier alpha value is -1.79. The van der Waals surface area contributed by atoms with E-state index in [1.54, 1.807) is 0 Å². The van der Waals surface area contributed by atoms with Crippen LogP contribution in [0.2, 0.25) is 0 Å². The SMILES string of the molecule is C#CC(C)CON(C(C)=O)c1c(C)cccc1C. The van der Waals surface area contributed by atoms with Gasteiger partial charge in [0.15, 0.2) is 0 Å². The van der Waals surface area contributed by atoms with Gasteiger partial charge < -0.3 is 0 Å². The number of hydroxylamine groups is 1. The maximum Gasteiger partial charge on any atom is 0.247 e. The van der Waals surface area contributed by atoms with E-state index in [9.17, 15) is 4.79 Å². The van der Waals surface area contributed by atoms with Crippen molar-refractivity contribution in [1.82, 2.24) is 0 Å². The van der Waals surface area contributed by atoms with Crippen LogP contribution in [-0.2, 0) is 9.63 Å². The lowest BCUT2D eigenvalue weighted by Crippen LogP contribution is -2.31. The number of hydrogen-bond donors (Lipinski definition) is 0. The van der Waals surface area contributed by atoms with E-state index in [1.807, 2.05) is 39.0 Å². The molecule has 0 aliphatic carbocycles. The number of rotatable bonds is 4. The molecule has 1 unspecified atom stereocenters. The summed E-state index contributed by atoms with van der Waals surface area (Å²) in [6.07, 6.45) is 5.30. The number of anilines is 1. The Morgan fingerprint density at radius 1 is 1.44 bits per heavy atom. The zero-order valence-electron chi connectivity index (χ0n) is 11.4. The first kappa shape index (κ1) is 14.3. The predicted octanol–water partition coefficient (Wildman–Crippen LogP) is 2.86. The number of carbonyl (C=O) groups excluding carboxylic acids is 1. The summed E-state index contributed by atoms with van der Waals surface area (Å²) in [5.74, 6) is 2.39. The quantitative estimate of drug-likeness (QED) is 0.603. The van der Waals surface area contributed by atoms with Crippen molar-refractivity contribution >= 4 is 11.6 Å². The summed E-state index contributed by atoms with van der Waals surface area (Å²) in [5.41, 5.74) is 2.80. The molecule has 96 valence electrons. The summed E-state index contributed by atoms with van der Waals surface area (Å²) in [4.78, 5) is 17.2. The molecule has 3 heteroatoms. The summed E-state index contributed by atoms with van der Waals surface area (Å²) in [7, 11) is 0. The molecule has 1 aromatic carbocycles. The van der Waals surface area contributed by atoms with Gasteiger partial charge in [0, 0.05) is 12.8 Å². The monoisotopic (exact) mass is 245 g/mol. The molecule has 3 nitrogen and oxygen atoms in total. The molecule has 1 rings (SSSR count). The number of hydrogen-bond acceptors (Lipinski definition) is 2. The molecule has 0 aromatic heterocycles. The Bertz CT molecular complexity index is 454. The van der Waals surface area contributed by atoms with Gasteiger partial charge in [-0.15, -0.1) is 12.3 Å². The highest BCUT2D eigenvalue weighted by atomic mass is 16.7. The van der Waals surface area contributed by atoms with E-state index in [0.29, 0.717) is 6.61 Å². The van der Waals surface area contributed by atoms with Crippen LogP contribution in [-0.4, -0.2) is 12.5 Å². The van der Waals surface area contributed by atoms with E-state index in [2.05, 4.69) is 5.92 Å². The van der Waals surface area contributed by atoms with Gasteiger partial charge in [-0.05, 0) is 31.9 Å². The first-order valence-corrected chi connectivity index (χ1v) is 5.93. The minimum atomic E-state index is -0.156. The molecule has 0 heterocycles. The minimum absolute atomic E-state index is 0.0313. The molecule has 1 aromatic rings. The van der Waals surface area contributed by atoms with Gasteiger partial charge in [-0.1, -0.05) is 18.2 Å². The summed E-state index contributed by atoms with van der Waals surface area (Å²) in [6, 6.07) is 5.86. The Labute approximate surface area is 109 Å². The summed E-state index contributed by atoms with van der Waals surface area (Å²) < 4.78 is 0. The highest BCUT2D eigenvalue weighted by Gasteiger charge is 2.17. The van der Waals surface area contributed by atoms with Crippen molar-refractivity contribution in [2.75, 3.05) is 11.7 Å². The lowest BCUT2D eigenvalue weighted by atomic mass is 10.1. The molecule has 0 aliphatic heterocycles. The molecule has 0 bridgehead atoms. The molecule has 0 spiro atoms. The molecule has 0 N–H and O–H groups in total. The van der Waals surface area contributed by atoms with Crippen LogP contribution < -0.4 is 5.06 Å². The Balaban J connectivity index is 2.99. The molecule has 0 radical (unpaired) electrons. The fourth-order valence-corrected chi connectivity index (χ4v) is 1.67. The minimum Gasteiger partial charge on any atom is -0.273 e. The van der Waals surface area contributed by atoms with E-state index in [0.717, 1.165) is 16.8 Å². The topological polar surface area (TPSA) is 29.5 Å². The lowest BCUT2D eigenvalue weighted by molar-refractivity contribution is -0.124. The van der Waals surface area contributed by atoms with Crippen LogP contribution in [0.4, 0.5) is 5.69 Å². The average molecular weight is 245 g/mol. The second kappa shape index (κ2) is 6.23. The van der Waals surface area contributed by atoms with Crippen molar-refractivity contribution in [2.45, 2.75) is 27.7 Å². The highest BCUT2D eigenvalue weighted by Crippen LogP contribution is 2.25. The lowest BCUT2D eigenvalue weighted by Gasteiger charge is -2.24. The first-order valence-electron chi connectivity index (χ1n) is 5.93. The third-order valence-corrected chi connectivity index (χ3v) is 2.67. The zero-order chi connectivity index (χ0) is 13.7. The van der Waals surface area contributed by atoms with Crippen LogP contribution in [0.15, 0.2) is 18.2 Å². The van der Waals surface area contributed by atoms with Gasteiger partial charge in [-0.2, -0.15) is 5.06 Å². The number of benzene rings is 1. The fraction of sp³-hybridized carbons (Fsp3) is 0.400. The molecule has 0 fully saturated rings. The van der Waals surface area contributed by atoms with Crippen LogP contribution in [0, 0.1) is 32.1 Å². The average Bonchev–Trinajstić information content (AvgIpc) is 2.31. The number of carbonyl (C=O) groups is 1. The molecular weight excluding hydrogens is 226 g/mol. The van der Waals surface area contributed by atoms with Crippen molar-refractivity contribution in [3.63, 3.8) is 0 Å². The fourth-order valence-electron chi connectivity index (χ4n) is 1.67. The number of nitrogens with zero attached hydrogens (tertiary/aromatic N) is 1. The van der Waals surface area contributed by atoms with Gasteiger partial charge in [0.25, 0.3) is 0 Å². The van der Waals surface area contributed by atoms with Crippen LogP contribution in [0.5, 0.6) is 0 Å². The summed E-state index contributed by atoms with van der Waals surface area (Å²) >= 11 is 0. The molecule has 0 aliphatic rings. The molecule has 0 saturated heterocycles. The Kier molecular flexibility index (Phi) is 4.94. The molecule has 1 amide bonds. The third kappa shape index (κ3) is 3.35. The molecular formula is C15H19NO2. The summed E-state index contributed by atoms with van der Waals surface area (Å²) in [6.45, 7) is 7.58. The summed E-state index contributed by atoms with van der Waals surface area (Å²) in [5, 5.41) is 1.33. The van der Waals surface area contributed by atoms with Gasteiger partial charge in [-0.25, -0.2) is 0 Å². The van der Waals surface area contributed by atoms with Gasteiger partial charge in [0.05, 0.1) is 12.3 Å². The Morgan fingerprint density at radius 2 is 2.00 bits per heavy atom. The van der Waals surface area contributed by atoms with Crippen molar-refractivity contribution in [3.05, 3.63) is 29.3 Å². The van der Waals surface area contributed by atoms with Gasteiger partial charge in [0.2, 0.25) is 5.91 Å². The normalized spacial score (nSPS) is 11.7. The number of para-hydroxylation sites is 1. The predicted molar refractivity (Wildman–Crippen MR) is 73.0 cm³/mol. The number of aryl methyl sites for hydroxylation is 2. The van der Waals surface area contributed by atoms with Crippen LogP contribution in [0.25, 0.3) is 0 Å². The van der Waals surface area contributed by atoms with Crippen molar-refractivity contribution in [1.29, 1.82) is 0 Å². The maximum atomic E-state index is 11.7. The van der Waals surface area contributed by atoms with Gasteiger partial charge in [0.1, 0.15) is 0 Å². The molecule has 0 saturated carbocycles. The van der Waals surface area contributed by atoms with Gasteiger partial charge in [-0.3, -0.25) is 9.63 Å². The number of terminal acetylenes is 1.